The van der Waals surface area contributed by atoms with Crippen LogP contribution in [0.5, 0.6) is 0 Å². The zero-order valence-electron chi connectivity index (χ0n) is 15.3. The van der Waals surface area contributed by atoms with Gasteiger partial charge in [-0.1, -0.05) is 11.6 Å². The van der Waals surface area contributed by atoms with E-state index in [-0.39, 0.29) is 23.8 Å². The van der Waals surface area contributed by atoms with E-state index < -0.39 is 22.0 Å². The van der Waals surface area contributed by atoms with Gasteiger partial charge < -0.3 is 4.57 Å². The number of hydrogen-bond donors (Lipinski definition) is 2. The molecule has 0 unspecified atom stereocenters. The van der Waals surface area contributed by atoms with E-state index in [0.717, 1.165) is 10.00 Å². The van der Waals surface area contributed by atoms with Crippen molar-refractivity contribution in [2.45, 2.75) is 30.2 Å². The van der Waals surface area contributed by atoms with Crippen LogP contribution in [0.25, 0.3) is 0 Å². The Morgan fingerprint density at radius 1 is 1.18 bits per heavy atom. The lowest BCUT2D eigenvalue weighted by Crippen LogP contribution is -2.51. The van der Waals surface area contributed by atoms with Gasteiger partial charge >= 0.3 is 0 Å². The molecule has 1 aromatic heterocycles. The molecule has 1 atom stereocenters. The Labute approximate surface area is 168 Å². The van der Waals surface area contributed by atoms with Crippen molar-refractivity contribution < 1.29 is 18.0 Å². The summed E-state index contributed by atoms with van der Waals surface area (Å²) >= 11 is 5.82. The van der Waals surface area contributed by atoms with Gasteiger partial charge in [-0.2, -0.15) is 4.31 Å². The number of nitrogens with zero attached hydrogens (tertiary/aromatic N) is 2. The maximum Gasteiger partial charge on any atom is 0.256 e. The zero-order valence-corrected chi connectivity index (χ0v) is 16.8. The lowest BCUT2D eigenvalue weighted by atomic mass is 10.2. The van der Waals surface area contributed by atoms with Crippen molar-refractivity contribution in [3.05, 3.63) is 53.3 Å². The molecule has 0 radical (unpaired) electrons. The molecular weight excluding hydrogens is 404 g/mol. The van der Waals surface area contributed by atoms with E-state index in [1.54, 1.807) is 10.6 Å². The molecule has 1 fully saturated rings. The van der Waals surface area contributed by atoms with Crippen LogP contribution < -0.4 is 10.9 Å². The molecule has 0 bridgehead atoms. The number of benzene rings is 1. The summed E-state index contributed by atoms with van der Waals surface area (Å²) in [6.07, 6.45) is 2.86. The fourth-order valence-corrected chi connectivity index (χ4v) is 4.92. The van der Waals surface area contributed by atoms with Crippen molar-refractivity contribution >= 4 is 33.4 Å². The first-order valence-corrected chi connectivity index (χ1v) is 10.6. The van der Waals surface area contributed by atoms with Crippen molar-refractivity contribution in [1.82, 2.24) is 19.7 Å². The highest BCUT2D eigenvalue weighted by Crippen LogP contribution is 2.26. The van der Waals surface area contributed by atoms with Gasteiger partial charge in [0.05, 0.1) is 11.3 Å². The number of sulfonamides is 1. The molecule has 1 aliphatic rings. The third kappa shape index (κ3) is 4.37. The van der Waals surface area contributed by atoms with E-state index in [1.807, 2.05) is 19.3 Å². The molecule has 10 heteroatoms. The number of hydrogen-bond acceptors (Lipinski definition) is 4. The van der Waals surface area contributed by atoms with Crippen molar-refractivity contribution in [3.8, 4) is 0 Å². The fourth-order valence-electron chi connectivity index (χ4n) is 3.14. The first-order valence-electron chi connectivity index (χ1n) is 8.75. The van der Waals surface area contributed by atoms with Gasteiger partial charge in [0.2, 0.25) is 15.9 Å². The molecule has 150 valence electrons. The van der Waals surface area contributed by atoms with Crippen LogP contribution in [-0.4, -0.2) is 41.7 Å². The lowest BCUT2D eigenvalue weighted by Gasteiger charge is -2.23. The molecular formula is C18H21ClN4O4S. The molecule has 0 aliphatic carbocycles. The third-order valence-electron chi connectivity index (χ3n) is 4.64. The average molecular weight is 425 g/mol. The molecule has 3 rings (SSSR count). The van der Waals surface area contributed by atoms with Gasteiger partial charge in [0.25, 0.3) is 5.91 Å². The van der Waals surface area contributed by atoms with Crippen LogP contribution in [0.1, 0.15) is 18.5 Å². The van der Waals surface area contributed by atoms with Crippen molar-refractivity contribution in [1.29, 1.82) is 0 Å². The molecule has 2 heterocycles. The fraction of sp³-hybridized carbons (Fsp3) is 0.333. The largest absolute Gasteiger partial charge is 0.354 e. The van der Waals surface area contributed by atoms with Gasteiger partial charge in [0, 0.05) is 30.5 Å². The molecule has 28 heavy (non-hydrogen) atoms. The van der Waals surface area contributed by atoms with Crippen LogP contribution in [0.2, 0.25) is 5.02 Å². The summed E-state index contributed by atoms with van der Waals surface area (Å²) in [5, 5.41) is 0.426. The second-order valence-corrected chi connectivity index (χ2v) is 8.88. The maximum atomic E-state index is 12.9. The SMILES string of the molecule is Cn1cccc1CC(=O)NNC(=O)[C@H]1CCCN1S(=O)(=O)c1ccc(Cl)cc1. The van der Waals surface area contributed by atoms with Gasteiger partial charge in [0.1, 0.15) is 6.04 Å². The Kier molecular flexibility index (Phi) is 6.07. The predicted octanol–water partition coefficient (Wildman–Crippen LogP) is 1.22. The van der Waals surface area contributed by atoms with Gasteiger partial charge in [-0.25, -0.2) is 8.42 Å². The molecule has 2 aromatic rings. The van der Waals surface area contributed by atoms with E-state index in [1.165, 1.54) is 24.3 Å². The van der Waals surface area contributed by atoms with E-state index in [0.29, 0.717) is 17.9 Å². The number of nitrogens with one attached hydrogen (secondary N) is 2. The lowest BCUT2D eigenvalue weighted by molar-refractivity contribution is -0.130. The number of rotatable bonds is 5. The topological polar surface area (TPSA) is 101 Å². The number of halogens is 1. The summed E-state index contributed by atoms with van der Waals surface area (Å²) in [6, 6.07) is 8.54. The van der Waals surface area contributed by atoms with E-state index in [9.17, 15) is 18.0 Å². The molecule has 2 amide bonds. The Morgan fingerprint density at radius 2 is 1.89 bits per heavy atom. The van der Waals surface area contributed by atoms with Crippen LogP contribution in [0.15, 0.2) is 47.5 Å². The van der Waals surface area contributed by atoms with Crippen LogP contribution >= 0.6 is 11.6 Å². The van der Waals surface area contributed by atoms with Gasteiger partial charge in [-0.05, 0) is 49.2 Å². The van der Waals surface area contributed by atoms with Crippen LogP contribution in [0.4, 0.5) is 0 Å². The average Bonchev–Trinajstić information content (AvgIpc) is 3.30. The number of aryl methyl sites for hydroxylation is 1. The quantitative estimate of drug-likeness (QED) is 0.705. The van der Waals surface area contributed by atoms with E-state index >= 15 is 0 Å². The number of hydrazine groups is 1. The van der Waals surface area contributed by atoms with Crippen molar-refractivity contribution in [2.75, 3.05) is 6.54 Å². The summed E-state index contributed by atoms with van der Waals surface area (Å²) in [5.74, 6) is -0.949. The summed E-state index contributed by atoms with van der Waals surface area (Å²) < 4.78 is 28.7. The predicted molar refractivity (Wildman–Crippen MR) is 104 cm³/mol. The maximum absolute atomic E-state index is 12.9. The summed E-state index contributed by atoms with van der Waals surface area (Å²) in [4.78, 5) is 24.6. The summed E-state index contributed by atoms with van der Waals surface area (Å²) in [7, 11) is -2.02. The second kappa shape index (κ2) is 8.34. The van der Waals surface area contributed by atoms with Crippen LogP contribution in [0, 0.1) is 0 Å². The van der Waals surface area contributed by atoms with Crippen LogP contribution in [-0.2, 0) is 33.1 Å². The van der Waals surface area contributed by atoms with E-state index in [2.05, 4.69) is 10.9 Å². The Morgan fingerprint density at radius 3 is 2.54 bits per heavy atom. The molecule has 8 nitrogen and oxygen atoms in total. The normalized spacial score (nSPS) is 17.4. The summed E-state index contributed by atoms with van der Waals surface area (Å²) in [5.41, 5.74) is 5.49. The smallest absolute Gasteiger partial charge is 0.256 e. The van der Waals surface area contributed by atoms with Gasteiger partial charge in [0.15, 0.2) is 0 Å². The highest BCUT2D eigenvalue weighted by molar-refractivity contribution is 7.89. The van der Waals surface area contributed by atoms with Gasteiger partial charge in [-0.3, -0.25) is 20.4 Å². The standard InChI is InChI=1S/C18H21ClN4O4S/c1-22-10-2-4-14(22)12-17(24)20-21-18(25)16-5-3-11-23(16)28(26,27)15-8-6-13(19)7-9-15/h2,4,6-10,16H,3,5,11-12H2,1H3,(H,20,24)(H,21,25)/t16-/m1/s1. The van der Waals surface area contributed by atoms with E-state index in [4.69, 9.17) is 11.6 Å². The molecule has 1 aliphatic heterocycles. The van der Waals surface area contributed by atoms with Gasteiger partial charge in [-0.15, -0.1) is 0 Å². The molecule has 1 saturated heterocycles. The first-order chi connectivity index (χ1) is 13.3. The second-order valence-electron chi connectivity index (χ2n) is 6.55. The highest BCUT2D eigenvalue weighted by Gasteiger charge is 2.39. The monoisotopic (exact) mass is 424 g/mol. The number of amides is 2. The van der Waals surface area contributed by atoms with Crippen molar-refractivity contribution in [2.24, 2.45) is 7.05 Å². The molecule has 2 N–H and O–H groups in total. The number of aromatic nitrogens is 1. The first kappa shape index (κ1) is 20.4. The van der Waals surface area contributed by atoms with Crippen molar-refractivity contribution in [3.63, 3.8) is 0 Å². The number of carbonyl (C=O) groups is 2. The highest BCUT2D eigenvalue weighted by atomic mass is 35.5. The third-order valence-corrected chi connectivity index (χ3v) is 6.82. The molecule has 1 aromatic carbocycles. The summed E-state index contributed by atoms with van der Waals surface area (Å²) in [6.45, 7) is 0.236. The molecule has 0 spiro atoms. The Hall–Kier alpha value is -2.36. The Balaban J connectivity index is 1.63. The Bertz CT molecular complexity index is 972. The number of carbonyl (C=O) groups excluding carboxylic acids is 2. The minimum absolute atomic E-state index is 0.0735. The zero-order chi connectivity index (χ0) is 20.3. The molecule has 0 saturated carbocycles. The minimum Gasteiger partial charge on any atom is -0.354 e. The minimum atomic E-state index is -3.84. The van der Waals surface area contributed by atoms with Crippen LogP contribution in [0.3, 0.4) is 0 Å².